The van der Waals surface area contributed by atoms with E-state index < -0.39 is 32.6 Å². The lowest BCUT2D eigenvalue weighted by Crippen LogP contribution is -2.28. The molecule has 21 heavy (non-hydrogen) atoms. The molecule has 0 bridgehead atoms. The molecule has 2 aromatic carbocycles. The topological polar surface area (TPSA) is 72.2 Å². The van der Waals surface area contributed by atoms with Crippen molar-refractivity contribution in [3.05, 3.63) is 59.7 Å². The van der Waals surface area contributed by atoms with Crippen LogP contribution in [-0.2, 0) is 10.0 Å². The number of hydrogen-bond donors (Lipinski definition) is 2. The van der Waals surface area contributed by atoms with E-state index in [0.29, 0.717) is 5.56 Å². The summed E-state index contributed by atoms with van der Waals surface area (Å²) in [5.74, 6) is -2.75. The number of benzene rings is 2. The Labute approximate surface area is 121 Å². The molecule has 0 aliphatic heterocycles. The van der Waals surface area contributed by atoms with Gasteiger partial charge in [-0.15, -0.1) is 0 Å². The monoisotopic (exact) mass is 312 g/mol. The van der Waals surface area contributed by atoms with Crippen LogP contribution in [0.4, 0.5) is 14.5 Å². The first kappa shape index (κ1) is 15.4. The summed E-state index contributed by atoms with van der Waals surface area (Å²) >= 11 is 0. The van der Waals surface area contributed by atoms with Crippen molar-refractivity contribution in [1.29, 1.82) is 0 Å². The van der Waals surface area contributed by atoms with Gasteiger partial charge in [0.05, 0.1) is 0 Å². The smallest absolute Gasteiger partial charge is 0.244 e. The fourth-order valence-electron chi connectivity index (χ4n) is 1.89. The van der Waals surface area contributed by atoms with Gasteiger partial charge in [-0.25, -0.2) is 21.9 Å². The third kappa shape index (κ3) is 3.37. The van der Waals surface area contributed by atoms with E-state index in [2.05, 4.69) is 4.72 Å². The zero-order valence-corrected chi connectivity index (χ0v) is 12.0. The summed E-state index contributed by atoms with van der Waals surface area (Å²) in [6.45, 7) is 1.60. The van der Waals surface area contributed by atoms with Crippen LogP contribution in [0.1, 0.15) is 18.5 Å². The van der Waals surface area contributed by atoms with Crippen molar-refractivity contribution in [3.8, 4) is 0 Å². The largest absolute Gasteiger partial charge is 0.399 e. The highest BCUT2D eigenvalue weighted by Gasteiger charge is 2.24. The van der Waals surface area contributed by atoms with Crippen LogP contribution in [0, 0.1) is 11.6 Å². The van der Waals surface area contributed by atoms with E-state index in [1.54, 1.807) is 37.3 Å². The second-order valence-corrected chi connectivity index (χ2v) is 6.25. The van der Waals surface area contributed by atoms with Crippen LogP contribution in [0.2, 0.25) is 0 Å². The number of nitrogens with two attached hydrogens (primary N) is 1. The summed E-state index contributed by atoms with van der Waals surface area (Å²) in [6, 6.07) is 9.76. The van der Waals surface area contributed by atoms with E-state index in [1.165, 1.54) is 0 Å². The molecular weight excluding hydrogens is 298 g/mol. The molecule has 1 unspecified atom stereocenters. The minimum Gasteiger partial charge on any atom is -0.399 e. The Morgan fingerprint density at radius 2 is 1.76 bits per heavy atom. The van der Waals surface area contributed by atoms with Crippen LogP contribution in [0.5, 0.6) is 0 Å². The van der Waals surface area contributed by atoms with Gasteiger partial charge in [-0.2, -0.15) is 0 Å². The van der Waals surface area contributed by atoms with E-state index in [0.717, 1.165) is 12.1 Å². The van der Waals surface area contributed by atoms with Gasteiger partial charge in [0.15, 0.2) is 11.6 Å². The third-order valence-electron chi connectivity index (χ3n) is 2.94. The van der Waals surface area contributed by atoms with Crippen molar-refractivity contribution < 1.29 is 17.2 Å². The Morgan fingerprint density at radius 1 is 1.14 bits per heavy atom. The molecule has 112 valence electrons. The predicted octanol–water partition coefficient (Wildman–Crippen LogP) is 2.59. The predicted molar refractivity (Wildman–Crippen MR) is 75.9 cm³/mol. The number of rotatable bonds is 4. The van der Waals surface area contributed by atoms with Crippen molar-refractivity contribution in [2.45, 2.75) is 17.9 Å². The van der Waals surface area contributed by atoms with E-state index >= 15 is 0 Å². The van der Waals surface area contributed by atoms with Crippen molar-refractivity contribution in [3.63, 3.8) is 0 Å². The summed E-state index contributed by atoms with van der Waals surface area (Å²) in [4.78, 5) is -0.803. The Balaban J connectivity index is 2.35. The molecule has 2 aromatic rings. The molecule has 0 fully saturated rings. The van der Waals surface area contributed by atoms with Crippen LogP contribution in [-0.4, -0.2) is 8.42 Å². The highest BCUT2D eigenvalue weighted by Crippen LogP contribution is 2.23. The van der Waals surface area contributed by atoms with E-state index in [-0.39, 0.29) is 5.69 Å². The summed E-state index contributed by atoms with van der Waals surface area (Å²) < 4.78 is 53.6. The van der Waals surface area contributed by atoms with Gasteiger partial charge in [-0.1, -0.05) is 30.3 Å². The van der Waals surface area contributed by atoms with Crippen molar-refractivity contribution >= 4 is 15.7 Å². The number of halogens is 2. The van der Waals surface area contributed by atoms with Gasteiger partial charge in [0.25, 0.3) is 0 Å². The van der Waals surface area contributed by atoms with Crippen LogP contribution in [0.15, 0.2) is 47.4 Å². The highest BCUT2D eigenvalue weighted by atomic mass is 32.2. The lowest BCUT2D eigenvalue weighted by molar-refractivity contribution is 0.482. The molecule has 0 aromatic heterocycles. The maximum Gasteiger partial charge on any atom is 0.244 e. The normalized spacial score (nSPS) is 13.1. The average Bonchev–Trinajstić information content (AvgIpc) is 2.43. The van der Waals surface area contributed by atoms with Gasteiger partial charge >= 0.3 is 0 Å². The van der Waals surface area contributed by atoms with Gasteiger partial charge in [0, 0.05) is 11.7 Å². The van der Waals surface area contributed by atoms with Gasteiger partial charge in [0.1, 0.15) is 4.90 Å². The zero-order chi connectivity index (χ0) is 15.6. The lowest BCUT2D eigenvalue weighted by Gasteiger charge is -2.15. The maximum atomic E-state index is 13.7. The SMILES string of the molecule is CC(NS(=O)(=O)c1cc(N)cc(F)c1F)c1ccccc1. The third-order valence-corrected chi connectivity index (χ3v) is 4.48. The molecule has 3 N–H and O–H groups in total. The molecule has 0 spiro atoms. The second-order valence-electron chi connectivity index (χ2n) is 4.57. The number of nitrogen functional groups attached to an aromatic ring is 1. The minimum atomic E-state index is -4.23. The van der Waals surface area contributed by atoms with Crippen molar-refractivity contribution in [1.82, 2.24) is 4.72 Å². The first-order valence-corrected chi connectivity index (χ1v) is 7.61. The zero-order valence-electron chi connectivity index (χ0n) is 11.2. The molecule has 0 amide bonds. The summed E-state index contributed by atoms with van der Waals surface area (Å²) in [5, 5.41) is 0. The average molecular weight is 312 g/mol. The summed E-state index contributed by atoms with van der Waals surface area (Å²) in [7, 11) is -4.23. The van der Waals surface area contributed by atoms with Crippen LogP contribution in [0.25, 0.3) is 0 Å². The van der Waals surface area contributed by atoms with E-state index in [4.69, 9.17) is 5.73 Å². The first-order chi connectivity index (χ1) is 9.81. The Bertz CT molecular complexity index is 749. The molecule has 0 radical (unpaired) electrons. The lowest BCUT2D eigenvalue weighted by atomic mass is 10.1. The van der Waals surface area contributed by atoms with Crippen molar-refractivity contribution in [2.75, 3.05) is 5.73 Å². The Morgan fingerprint density at radius 3 is 2.38 bits per heavy atom. The Kier molecular flexibility index (Phi) is 4.24. The van der Waals surface area contributed by atoms with Crippen molar-refractivity contribution in [2.24, 2.45) is 0 Å². The summed E-state index contributed by atoms with van der Waals surface area (Å²) in [5.41, 5.74) is 5.90. The first-order valence-electron chi connectivity index (χ1n) is 6.13. The molecule has 0 saturated carbocycles. The molecule has 7 heteroatoms. The van der Waals surface area contributed by atoms with Crippen LogP contribution >= 0.6 is 0 Å². The fourth-order valence-corrected chi connectivity index (χ4v) is 3.24. The molecule has 2 rings (SSSR count). The fraction of sp³-hybridized carbons (Fsp3) is 0.143. The molecule has 0 aliphatic rings. The second kappa shape index (κ2) is 5.79. The minimum absolute atomic E-state index is 0.165. The molecular formula is C14H14F2N2O2S. The summed E-state index contributed by atoms with van der Waals surface area (Å²) in [6.07, 6.45) is 0. The molecule has 0 heterocycles. The van der Waals surface area contributed by atoms with E-state index in [1.807, 2.05) is 0 Å². The number of hydrogen-bond acceptors (Lipinski definition) is 3. The number of anilines is 1. The molecule has 1 atom stereocenters. The number of nitrogens with one attached hydrogen (secondary N) is 1. The highest BCUT2D eigenvalue weighted by molar-refractivity contribution is 7.89. The van der Waals surface area contributed by atoms with Gasteiger partial charge in [0.2, 0.25) is 10.0 Å². The van der Waals surface area contributed by atoms with Gasteiger partial charge in [-0.3, -0.25) is 0 Å². The molecule has 0 aliphatic carbocycles. The van der Waals surface area contributed by atoms with Gasteiger partial charge in [-0.05, 0) is 24.6 Å². The number of sulfonamides is 1. The standard InChI is InChI=1S/C14H14F2N2O2S/c1-9(10-5-3-2-4-6-10)18-21(19,20)13-8-11(17)7-12(15)14(13)16/h2-9,18H,17H2,1H3. The van der Waals surface area contributed by atoms with Crippen LogP contribution in [0.3, 0.4) is 0 Å². The molecule has 0 saturated heterocycles. The Hall–Kier alpha value is -1.99. The van der Waals surface area contributed by atoms with E-state index in [9.17, 15) is 17.2 Å². The molecule has 4 nitrogen and oxygen atoms in total. The van der Waals surface area contributed by atoms with Crippen LogP contribution < -0.4 is 10.5 Å². The maximum absolute atomic E-state index is 13.7. The quantitative estimate of drug-likeness (QED) is 0.852. The van der Waals surface area contributed by atoms with Gasteiger partial charge < -0.3 is 5.73 Å².